The third-order valence-electron chi connectivity index (χ3n) is 4.20. The summed E-state index contributed by atoms with van der Waals surface area (Å²) in [5.41, 5.74) is 0.160. The van der Waals surface area contributed by atoms with Gasteiger partial charge in [-0.15, -0.1) is 0 Å². The van der Waals surface area contributed by atoms with E-state index in [1.54, 1.807) is 31.6 Å². The van der Waals surface area contributed by atoms with Gasteiger partial charge in [-0.1, -0.05) is 19.3 Å². The van der Waals surface area contributed by atoms with Gasteiger partial charge in [-0.2, -0.15) is 5.10 Å². The smallest absolute Gasteiger partial charge is 0.257 e. The minimum absolute atomic E-state index is 0.201. The number of hydrogen-bond donors (Lipinski definition) is 1. The fourth-order valence-corrected chi connectivity index (χ4v) is 2.91. The van der Waals surface area contributed by atoms with E-state index in [9.17, 15) is 9.59 Å². The lowest BCUT2D eigenvalue weighted by Gasteiger charge is -2.23. The summed E-state index contributed by atoms with van der Waals surface area (Å²) in [6, 6.07) is 5.13. The largest absolute Gasteiger partial charge is 0.319 e. The Morgan fingerprint density at radius 3 is 2.77 bits per heavy atom. The average Bonchev–Trinajstić information content (AvgIpc) is 2.99. The number of carbonyl (C=O) groups is 1. The van der Waals surface area contributed by atoms with Crippen LogP contribution >= 0.6 is 0 Å². The summed E-state index contributed by atoms with van der Waals surface area (Å²) in [4.78, 5) is 23.9. The summed E-state index contributed by atoms with van der Waals surface area (Å²) < 4.78 is 3.33. The summed E-state index contributed by atoms with van der Waals surface area (Å²) >= 11 is 0. The molecule has 1 amide bonds. The van der Waals surface area contributed by atoms with Crippen LogP contribution in [0.5, 0.6) is 0 Å². The Kier molecular flexibility index (Phi) is 4.09. The van der Waals surface area contributed by atoms with Crippen LogP contribution in [0, 0.1) is 0 Å². The van der Waals surface area contributed by atoms with E-state index < -0.39 is 0 Å². The van der Waals surface area contributed by atoms with Crippen molar-refractivity contribution in [3.05, 3.63) is 46.5 Å². The van der Waals surface area contributed by atoms with E-state index in [0.717, 1.165) is 12.8 Å². The second-order valence-corrected chi connectivity index (χ2v) is 5.77. The summed E-state index contributed by atoms with van der Waals surface area (Å²) in [5.74, 6) is 0.410. The van der Waals surface area contributed by atoms with Gasteiger partial charge in [0.05, 0.1) is 12.2 Å². The van der Waals surface area contributed by atoms with Crippen molar-refractivity contribution in [3.8, 4) is 0 Å². The van der Waals surface area contributed by atoms with Gasteiger partial charge >= 0.3 is 0 Å². The molecule has 0 saturated heterocycles. The van der Waals surface area contributed by atoms with E-state index in [0.29, 0.717) is 17.4 Å². The molecule has 0 unspecified atom stereocenters. The van der Waals surface area contributed by atoms with Gasteiger partial charge in [-0.3, -0.25) is 9.59 Å². The van der Waals surface area contributed by atoms with E-state index in [1.807, 2.05) is 4.68 Å². The van der Waals surface area contributed by atoms with E-state index in [1.165, 1.54) is 29.9 Å². The summed E-state index contributed by atoms with van der Waals surface area (Å²) in [6.45, 7) is 0. The van der Waals surface area contributed by atoms with Crippen LogP contribution < -0.4 is 10.9 Å². The van der Waals surface area contributed by atoms with Crippen LogP contribution in [-0.4, -0.2) is 20.3 Å². The van der Waals surface area contributed by atoms with E-state index in [4.69, 9.17) is 0 Å². The summed E-state index contributed by atoms with van der Waals surface area (Å²) in [7, 11) is 1.65. The second kappa shape index (κ2) is 6.17. The number of anilines is 1. The number of rotatable bonds is 3. The average molecular weight is 300 g/mol. The van der Waals surface area contributed by atoms with Gasteiger partial charge in [-0.05, 0) is 18.9 Å². The van der Waals surface area contributed by atoms with Crippen LogP contribution in [-0.2, 0) is 7.05 Å². The highest BCUT2D eigenvalue weighted by Gasteiger charge is 2.19. The molecule has 2 aromatic rings. The van der Waals surface area contributed by atoms with Crippen LogP contribution in [0.2, 0.25) is 0 Å². The molecule has 0 aromatic carbocycles. The number of pyridine rings is 1. The molecule has 1 saturated carbocycles. The highest BCUT2D eigenvalue weighted by atomic mass is 16.2. The zero-order valence-corrected chi connectivity index (χ0v) is 12.7. The lowest BCUT2D eigenvalue weighted by Crippen LogP contribution is -2.22. The summed E-state index contributed by atoms with van der Waals surface area (Å²) in [6.07, 6.45) is 9.16. The molecule has 116 valence electrons. The predicted octanol–water partition coefficient (Wildman–Crippen LogP) is 2.34. The third-order valence-corrected chi connectivity index (χ3v) is 4.20. The van der Waals surface area contributed by atoms with Gasteiger partial charge in [-0.25, -0.2) is 4.68 Å². The maximum absolute atomic E-state index is 12.3. The third kappa shape index (κ3) is 2.95. The predicted molar refractivity (Wildman–Crippen MR) is 84.0 cm³/mol. The number of carbonyl (C=O) groups excluding carboxylic acids is 1. The van der Waals surface area contributed by atoms with Crippen molar-refractivity contribution in [1.82, 2.24) is 14.3 Å². The first-order chi connectivity index (χ1) is 10.6. The van der Waals surface area contributed by atoms with Crippen LogP contribution in [0.3, 0.4) is 0 Å². The topological polar surface area (TPSA) is 68.9 Å². The molecule has 1 N–H and O–H groups in total. The molecule has 22 heavy (non-hydrogen) atoms. The fourth-order valence-electron chi connectivity index (χ4n) is 2.91. The standard InChI is InChI=1S/C16H20N4O2/c1-19-10-8-12(11-15(19)21)16(22)18-14-7-9-17-20(14)13-5-3-2-4-6-13/h7-11,13H,2-6H2,1H3,(H,18,22). The van der Waals surface area contributed by atoms with Crippen molar-refractivity contribution >= 4 is 11.7 Å². The maximum atomic E-state index is 12.3. The molecule has 1 aliphatic carbocycles. The molecule has 3 rings (SSSR count). The van der Waals surface area contributed by atoms with Crippen LogP contribution in [0.25, 0.3) is 0 Å². The Labute approximate surface area is 128 Å². The van der Waals surface area contributed by atoms with Crippen molar-refractivity contribution in [2.45, 2.75) is 38.1 Å². The Balaban J connectivity index is 1.78. The van der Waals surface area contributed by atoms with Crippen molar-refractivity contribution in [3.63, 3.8) is 0 Å². The monoisotopic (exact) mass is 300 g/mol. The van der Waals surface area contributed by atoms with E-state index in [-0.39, 0.29) is 11.5 Å². The fraction of sp³-hybridized carbons (Fsp3) is 0.438. The number of aromatic nitrogens is 3. The Bertz CT molecular complexity index is 726. The van der Waals surface area contributed by atoms with Crippen LogP contribution in [0.1, 0.15) is 48.5 Å². The van der Waals surface area contributed by atoms with Crippen molar-refractivity contribution in [2.24, 2.45) is 7.05 Å². The van der Waals surface area contributed by atoms with Gasteiger partial charge in [0.2, 0.25) is 0 Å². The van der Waals surface area contributed by atoms with Crippen LogP contribution in [0.4, 0.5) is 5.82 Å². The number of nitrogens with zero attached hydrogens (tertiary/aromatic N) is 3. The molecular weight excluding hydrogens is 280 g/mol. The molecule has 6 nitrogen and oxygen atoms in total. The first kappa shape index (κ1) is 14.6. The van der Waals surface area contributed by atoms with E-state index >= 15 is 0 Å². The molecule has 0 spiro atoms. The molecular formula is C16H20N4O2. The molecule has 6 heteroatoms. The lowest BCUT2D eigenvalue weighted by molar-refractivity contribution is 0.102. The normalized spacial score (nSPS) is 15.7. The second-order valence-electron chi connectivity index (χ2n) is 5.77. The first-order valence-corrected chi connectivity index (χ1v) is 7.67. The minimum Gasteiger partial charge on any atom is -0.319 e. The highest BCUT2D eigenvalue weighted by molar-refractivity contribution is 6.03. The highest BCUT2D eigenvalue weighted by Crippen LogP contribution is 2.29. The van der Waals surface area contributed by atoms with Gasteiger partial charge in [0.1, 0.15) is 5.82 Å². The zero-order chi connectivity index (χ0) is 15.5. The molecule has 2 aromatic heterocycles. The van der Waals surface area contributed by atoms with Crippen LogP contribution in [0.15, 0.2) is 35.4 Å². The molecule has 0 aliphatic heterocycles. The van der Waals surface area contributed by atoms with Crippen molar-refractivity contribution in [1.29, 1.82) is 0 Å². The SMILES string of the molecule is Cn1ccc(C(=O)Nc2ccnn2C2CCCCC2)cc1=O. The molecule has 1 aliphatic rings. The number of aryl methyl sites for hydroxylation is 1. The van der Waals surface area contributed by atoms with Gasteiger partial charge in [0.15, 0.2) is 0 Å². The molecule has 2 heterocycles. The van der Waals surface area contributed by atoms with Gasteiger partial charge < -0.3 is 9.88 Å². The minimum atomic E-state index is -0.282. The zero-order valence-electron chi connectivity index (χ0n) is 12.7. The van der Waals surface area contributed by atoms with Gasteiger partial charge in [0, 0.05) is 30.9 Å². The Hall–Kier alpha value is -2.37. The van der Waals surface area contributed by atoms with E-state index in [2.05, 4.69) is 10.4 Å². The molecule has 1 fully saturated rings. The van der Waals surface area contributed by atoms with Crippen molar-refractivity contribution in [2.75, 3.05) is 5.32 Å². The van der Waals surface area contributed by atoms with Gasteiger partial charge in [0.25, 0.3) is 11.5 Å². The number of nitrogens with one attached hydrogen (secondary N) is 1. The number of amides is 1. The first-order valence-electron chi connectivity index (χ1n) is 7.67. The summed E-state index contributed by atoms with van der Waals surface area (Å²) in [5, 5.41) is 7.22. The number of hydrogen-bond acceptors (Lipinski definition) is 3. The molecule has 0 radical (unpaired) electrons. The molecule has 0 bridgehead atoms. The Morgan fingerprint density at radius 1 is 1.27 bits per heavy atom. The lowest BCUT2D eigenvalue weighted by atomic mass is 9.96. The van der Waals surface area contributed by atoms with Crippen molar-refractivity contribution < 1.29 is 4.79 Å². The Morgan fingerprint density at radius 2 is 2.05 bits per heavy atom. The maximum Gasteiger partial charge on any atom is 0.257 e. The quantitative estimate of drug-likeness (QED) is 0.946. The molecule has 0 atom stereocenters.